The Hall–Kier alpha value is -1.55. The van der Waals surface area contributed by atoms with Gasteiger partial charge in [0.15, 0.2) is 0 Å². The van der Waals surface area contributed by atoms with Crippen molar-refractivity contribution in [1.29, 1.82) is 0 Å². The molecule has 2 rings (SSSR count). The predicted octanol–water partition coefficient (Wildman–Crippen LogP) is 2.72. The van der Waals surface area contributed by atoms with E-state index in [0.29, 0.717) is 12.1 Å². The molecule has 1 heterocycles. The lowest BCUT2D eigenvalue weighted by atomic mass is 9.94. The molecule has 1 saturated heterocycles. The Morgan fingerprint density at radius 1 is 1.40 bits per heavy atom. The molecule has 0 unspecified atom stereocenters. The van der Waals surface area contributed by atoms with E-state index in [1.54, 1.807) is 6.07 Å². The number of nitrogens with one attached hydrogen (secondary N) is 1. The SMILES string of the molecule is CCC1CCN(CCC(=O)Nc2cccc(N)c2)CC1. The molecule has 4 nitrogen and oxygen atoms in total. The van der Waals surface area contributed by atoms with E-state index in [-0.39, 0.29) is 5.91 Å². The van der Waals surface area contributed by atoms with Crippen LogP contribution in [-0.2, 0) is 4.79 Å². The number of likely N-dealkylation sites (tertiary alicyclic amines) is 1. The van der Waals surface area contributed by atoms with E-state index >= 15 is 0 Å². The van der Waals surface area contributed by atoms with Gasteiger partial charge in [0.25, 0.3) is 0 Å². The maximum Gasteiger partial charge on any atom is 0.225 e. The van der Waals surface area contributed by atoms with Crippen molar-refractivity contribution in [3.63, 3.8) is 0 Å². The number of hydrogen-bond acceptors (Lipinski definition) is 3. The summed E-state index contributed by atoms with van der Waals surface area (Å²) >= 11 is 0. The minimum atomic E-state index is 0.0632. The Morgan fingerprint density at radius 2 is 2.15 bits per heavy atom. The first kappa shape index (κ1) is 14.9. The van der Waals surface area contributed by atoms with E-state index in [9.17, 15) is 4.79 Å². The third-order valence-electron chi connectivity index (χ3n) is 4.11. The molecule has 1 aliphatic rings. The average Bonchev–Trinajstić information content (AvgIpc) is 2.46. The van der Waals surface area contributed by atoms with Crippen LogP contribution in [0.4, 0.5) is 11.4 Å². The smallest absolute Gasteiger partial charge is 0.225 e. The lowest BCUT2D eigenvalue weighted by Crippen LogP contribution is -2.35. The Bertz CT molecular complexity index is 439. The van der Waals surface area contributed by atoms with Crippen molar-refractivity contribution in [2.24, 2.45) is 5.92 Å². The van der Waals surface area contributed by atoms with Gasteiger partial charge in [0.05, 0.1) is 0 Å². The summed E-state index contributed by atoms with van der Waals surface area (Å²) in [4.78, 5) is 14.3. The van der Waals surface area contributed by atoms with Crippen molar-refractivity contribution in [2.45, 2.75) is 32.6 Å². The second-order valence-corrected chi connectivity index (χ2v) is 5.62. The molecule has 0 spiro atoms. The summed E-state index contributed by atoms with van der Waals surface area (Å²) in [5, 5.41) is 2.90. The molecule has 0 saturated carbocycles. The third kappa shape index (κ3) is 4.53. The average molecular weight is 275 g/mol. The molecule has 0 aliphatic carbocycles. The van der Waals surface area contributed by atoms with Crippen LogP contribution in [0.2, 0.25) is 0 Å². The van der Waals surface area contributed by atoms with Crippen molar-refractivity contribution >= 4 is 17.3 Å². The van der Waals surface area contributed by atoms with E-state index in [1.807, 2.05) is 18.2 Å². The second-order valence-electron chi connectivity index (χ2n) is 5.62. The molecule has 20 heavy (non-hydrogen) atoms. The zero-order chi connectivity index (χ0) is 14.4. The lowest BCUT2D eigenvalue weighted by molar-refractivity contribution is -0.116. The molecule has 1 aromatic carbocycles. The van der Waals surface area contributed by atoms with E-state index in [1.165, 1.54) is 19.3 Å². The van der Waals surface area contributed by atoms with Crippen LogP contribution in [0.15, 0.2) is 24.3 Å². The number of nitrogens with two attached hydrogens (primary N) is 1. The molecule has 1 aromatic rings. The van der Waals surface area contributed by atoms with Gasteiger partial charge in [-0.1, -0.05) is 19.4 Å². The van der Waals surface area contributed by atoms with Gasteiger partial charge >= 0.3 is 0 Å². The van der Waals surface area contributed by atoms with Gasteiger partial charge in [-0.05, 0) is 50.0 Å². The fourth-order valence-corrected chi connectivity index (χ4v) is 2.72. The number of anilines is 2. The summed E-state index contributed by atoms with van der Waals surface area (Å²) in [7, 11) is 0. The highest BCUT2D eigenvalue weighted by Crippen LogP contribution is 2.20. The number of hydrogen-bond donors (Lipinski definition) is 2. The molecule has 3 N–H and O–H groups in total. The van der Waals surface area contributed by atoms with Gasteiger partial charge in [-0.3, -0.25) is 4.79 Å². The molecular formula is C16H25N3O. The summed E-state index contributed by atoms with van der Waals surface area (Å²) in [6.45, 7) is 5.37. The van der Waals surface area contributed by atoms with Gasteiger partial charge in [-0.25, -0.2) is 0 Å². The minimum absolute atomic E-state index is 0.0632. The number of carbonyl (C=O) groups is 1. The Balaban J connectivity index is 1.70. The van der Waals surface area contributed by atoms with Gasteiger partial charge < -0.3 is 16.0 Å². The number of benzene rings is 1. The number of amides is 1. The Labute approximate surface area is 121 Å². The molecule has 0 atom stereocenters. The van der Waals surface area contributed by atoms with E-state index in [2.05, 4.69) is 17.1 Å². The lowest BCUT2D eigenvalue weighted by Gasteiger charge is -2.31. The maximum absolute atomic E-state index is 11.9. The zero-order valence-corrected chi connectivity index (χ0v) is 12.3. The molecule has 0 bridgehead atoms. The minimum Gasteiger partial charge on any atom is -0.399 e. The van der Waals surface area contributed by atoms with Crippen LogP contribution in [0.25, 0.3) is 0 Å². The topological polar surface area (TPSA) is 58.4 Å². The molecule has 1 aliphatic heterocycles. The van der Waals surface area contributed by atoms with Gasteiger partial charge in [-0.2, -0.15) is 0 Å². The summed E-state index contributed by atoms with van der Waals surface area (Å²) < 4.78 is 0. The standard InChI is InChI=1S/C16H25N3O/c1-2-13-6-9-19(10-7-13)11-8-16(20)18-15-5-3-4-14(17)12-15/h3-5,12-13H,2,6-11,17H2,1H3,(H,18,20). The molecule has 0 radical (unpaired) electrons. The quantitative estimate of drug-likeness (QED) is 0.812. The van der Waals surface area contributed by atoms with E-state index in [0.717, 1.165) is 31.2 Å². The van der Waals surface area contributed by atoms with Crippen molar-refractivity contribution in [1.82, 2.24) is 4.90 Å². The number of rotatable bonds is 5. The molecule has 4 heteroatoms. The Morgan fingerprint density at radius 3 is 2.80 bits per heavy atom. The number of nitrogens with zero attached hydrogens (tertiary/aromatic N) is 1. The fraction of sp³-hybridized carbons (Fsp3) is 0.562. The highest BCUT2D eigenvalue weighted by atomic mass is 16.1. The van der Waals surface area contributed by atoms with Crippen molar-refractivity contribution in [2.75, 3.05) is 30.7 Å². The first-order chi connectivity index (χ1) is 9.67. The molecule has 110 valence electrons. The fourth-order valence-electron chi connectivity index (χ4n) is 2.72. The van der Waals surface area contributed by atoms with Crippen LogP contribution in [-0.4, -0.2) is 30.4 Å². The number of piperidine rings is 1. The van der Waals surface area contributed by atoms with Gasteiger partial charge in [0.2, 0.25) is 5.91 Å². The van der Waals surface area contributed by atoms with Crippen LogP contribution in [0.3, 0.4) is 0 Å². The van der Waals surface area contributed by atoms with Crippen LogP contribution in [0.1, 0.15) is 32.6 Å². The molecular weight excluding hydrogens is 250 g/mol. The van der Waals surface area contributed by atoms with E-state index < -0.39 is 0 Å². The first-order valence-electron chi connectivity index (χ1n) is 7.55. The van der Waals surface area contributed by atoms with Crippen LogP contribution >= 0.6 is 0 Å². The van der Waals surface area contributed by atoms with Crippen LogP contribution in [0, 0.1) is 5.92 Å². The largest absolute Gasteiger partial charge is 0.399 e. The summed E-state index contributed by atoms with van der Waals surface area (Å²) in [5.41, 5.74) is 7.14. The highest BCUT2D eigenvalue weighted by molar-refractivity contribution is 5.91. The zero-order valence-electron chi connectivity index (χ0n) is 12.3. The normalized spacial score (nSPS) is 17.1. The maximum atomic E-state index is 11.9. The van der Waals surface area contributed by atoms with E-state index in [4.69, 9.17) is 5.73 Å². The number of nitrogen functional groups attached to an aromatic ring is 1. The Kier molecular flexibility index (Phi) is 5.41. The monoisotopic (exact) mass is 275 g/mol. The summed E-state index contributed by atoms with van der Waals surface area (Å²) in [6, 6.07) is 7.31. The molecule has 1 fully saturated rings. The second kappa shape index (κ2) is 7.29. The molecule has 1 amide bonds. The summed E-state index contributed by atoms with van der Waals surface area (Å²) in [5.74, 6) is 0.945. The number of carbonyl (C=O) groups excluding carboxylic acids is 1. The molecule has 0 aromatic heterocycles. The third-order valence-corrected chi connectivity index (χ3v) is 4.11. The van der Waals surface area contributed by atoms with Crippen molar-refractivity contribution in [3.05, 3.63) is 24.3 Å². The van der Waals surface area contributed by atoms with Crippen molar-refractivity contribution in [3.8, 4) is 0 Å². The highest BCUT2D eigenvalue weighted by Gasteiger charge is 2.18. The predicted molar refractivity (Wildman–Crippen MR) is 83.6 cm³/mol. The van der Waals surface area contributed by atoms with Crippen LogP contribution < -0.4 is 11.1 Å². The van der Waals surface area contributed by atoms with Gasteiger partial charge in [0.1, 0.15) is 0 Å². The summed E-state index contributed by atoms with van der Waals surface area (Å²) in [6.07, 6.45) is 4.37. The van der Waals surface area contributed by atoms with Crippen LogP contribution in [0.5, 0.6) is 0 Å². The van der Waals surface area contributed by atoms with Crippen molar-refractivity contribution < 1.29 is 4.79 Å². The first-order valence-corrected chi connectivity index (χ1v) is 7.55. The van der Waals surface area contributed by atoms with Gasteiger partial charge in [0, 0.05) is 24.3 Å². The van der Waals surface area contributed by atoms with Gasteiger partial charge in [-0.15, -0.1) is 0 Å².